The van der Waals surface area contributed by atoms with Gasteiger partial charge in [0, 0.05) is 42.4 Å². The normalized spacial score (nSPS) is 15.3. The van der Waals surface area contributed by atoms with Gasteiger partial charge in [-0.15, -0.1) is 4.91 Å². The van der Waals surface area contributed by atoms with Crippen LogP contribution in [0.5, 0.6) is 0 Å². The minimum absolute atomic E-state index is 0.0290. The molecule has 0 radical (unpaired) electrons. The predicted octanol–water partition coefficient (Wildman–Crippen LogP) is 4.29. The summed E-state index contributed by atoms with van der Waals surface area (Å²) >= 11 is 0. The van der Waals surface area contributed by atoms with Gasteiger partial charge in [0.25, 0.3) is 5.92 Å². The van der Waals surface area contributed by atoms with Crippen LogP contribution in [-0.2, 0) is 12.5 Å². The molecule has 1 aromatic heterocycles. The van der Waals surface area contributed by atoms with Crippen molar-refractivity contribution in [3.05, 3.63) is 64.1 Å². The van der Waals surface area contributed by atoms with Crippen molar-refractivity contribution in [2.45, 2.75) is 38.3 Å². The summed E-state index contributed by atoms with van der Waals surface area (Å²) < 4.78 is 30.4. The van der Waals surface area contributed by atoms with Gasteiger partial charge in [-0.25, -0.2) is 13.8 Å². The first kappa shape index (κ1) is 22.0. The second-order valence-corrected chi connectivity index (χ2v) is 8.19. The molecule has 1 fully saturated rings. The highest BCUT2D eigenvalue weighted by Gasteiger charge is 2.29. The molecule has 0 aliphatic carbocycles. The Hall–Kier alpha value is -3.20. The van der Waals surface area contributed by atoms with Gasteiger partial charge in [0.15, 0.2) is 0 Å². The van der Waals surface area contributed by atoms with E-state index in [1.165, 1.54) is 18.2 Å². The molecule has 0 spiro atoms. The topological polar surface area (TPSA) is 79.6 Å². The lowest BCUT2D eigenvalue weighted by Gasteiger charge is -2.33. The quantitative estimate of drug-likeness (QED) is 0.578. The first-order valence-electron chi connectivity index (χ1n) is 10.6. The molecule has 1 aliphatic rings. The van der Waals surface area contributed by atoms with E-state index in [0.29, 0.717) is 28.6 Å². The molecule has 9 heteroatoms. The fourth-order valence-corrected chi connectivity index (χ4v) is 4.33. The summed E-state index contributed by atoms with van der Waals surface area (Å²) in [5.74, 6) is -3.19. The Morgan fingerprint density at radius 3 is 2.59 bits per heavy atom. The Balaban J connectivity index is 1.81. The van der Waals surface area contributed by atoms with Gasteiger partial charge in [-0.2, -0.15) is 0 Å². The highest BCUT2D eigenvalue weighted by atomic mass is 19.3. The minimum Gasteiger partial charge on any atom is -0.342 e. The second-order valence-electron chi connectivity index (χ2n) is 8.19. The van der Waals surface area contributed by atoms with Crippen molar-refractivity contribution >= 4 is 22.9 Å². The summed E-state index contributed by atoms with van der Waals surface area (Å²) in [6.07, 6.45) is 1.87. The van der Waals surface area contributed by atoms with Gasteiger partial charge >= 0.3 is 5.91 Å². The van der Waals surface area contributed by atoms with Crippen LogP contribution in [0.4, 0.5) is 14.7 Å². The number of hydrogen-bond acceptors (Lipinski definition) is 5. The van der Waals surface area contributed by atoms with E-state index in [0.717, 1.165) is 32.9 Å². The molecular weight excluding hydrogens is 416 g/mol. The zero-order chi connectivity index (χ0) is 22.9. The molecule has 1 amide bonds. The van der Waals surface area contributed by atoms with E-state index in [9.17, 15) is 18.5 Å². The molecule has 0 saturated carbocycles. The Kier molecular flexibility index (Phi) is 6.01. The molecule has 0 atom stereocenters. The Bertz CT molecular complexity index is 1150. The van der Waals surface area contributed by atoms with Gasteiger partial charge in [0.1, 0.15) is 0 Å². The zero-order valence-electron chi connectivity index (χ0n) is 18.0. The standard InChI is InChI=1S/C23H25F2N5O2/c1-23(24,25)18-6-4-3-5-16(18)14-30-20-8-7-15(21(31)28-32)13-19(20)27-22(30)29-11-9-17(26-2)10-12-29/h3-8,13,17,26H,9-12,14H2,1-2H3. The van der Waals surface area contributed by atoms with Crippen molar-refractivity contribution in [1.82, 2.24) is 14.9 Å². The number of benzene rings is 2. The lowest BCUT2D eigenvalue weighted by atomic mass is 10.0. The van der Waals surface area contributed by atoms with Gasteiger partial charge in [-0.05, 0) is 43.7 Å². The van der Waals surface area contributed by atoms with Crippen molar-refractivity contribution < 1.29 is 13.6 Å². The number of nitrogens with one attached hydrogen (secondary N) is 1. The molecule has 0 unspecified atom stereocenters. The number of rotatable bonds is 6. The maximum atomic E-state index is 14.3. The average molecular weight is 441 g/mol. The number of anilines is 1. The fraction of sp³-hybridized carbons (Fsp3) is 0.391. The first-order valence-corrected chi connectivity index (χ1v) is 10.6. The molecule has 2 heterocycles. The SMILES string of the molecule is CNC1CCN(c2nc3cc(C(=O)N=O)ccc3n2Cc2ccccc2C(C)(F)F)CC1. The van der Waals surface area contributed by atoms with Gasteiger partial charge in [-0.1, -0.05) is 24.3 Å². The van der Waals surface area contributed by atoms with Crippen molar-refractivity contribution in [3.8, 4) is 0 Å². The molecule has 3 aromatic rings. The molecule has 4 rings (SSSR count). The number of halogens is 2. The second kappa shape index (κ2) is 8.74. The molecule has 32 heavy (non-hydrogen) atoms. The maximum Gasteiger partial charge on any atom is 0.316 e. The van der Waals surface area contributed by atoms with Crippen LogP contribution in [0.15, 0.2) is 47.6 Å². The summed E-state index contributed by atoms with van der Waals surface area (Å²) in [7, 11) is 1.94. The Morgan fingerprint density at radius 1 is 1.22 bits per heavy atom. The Morgan fingerprint density at radius 2 is 1.94 bits per heavy atom. The highest BCUT2D eigenvalue weighted by Crippen LogP contribution is 2.33. The third-order valence-electron chi connectivity index (χ3n) is 6.06. The van der Waals surface area contributed by atoms with Gasteiger partial charge in [0.2, 0.25) is 5.95 Å². The predicted molar refractivity (Wildman–Crippen MR) is 119 cm³/mol. The number of nitroso groups, excluding NO2 is 1. The van der Waals surface area contributed by atoms with Crippen LogP contribution in [0.25, 0.3) is 11.0 Å². The number of aromatic nitrogens is 2. The van der Waals surface area contributed by atoms with Crippen LogP contribution in [0, 0.1) is 4.91 Å². The highest BCUT2D eigenvalue weighted by molar-refractivity contribution is 5.98. The van der Waals surface area contributed by atoms with Crippen LogP contribution in [0.1, 0.15) is 41.3 Å². The van der Waals surface area contributed by atoms with E-state index in [-0.39, 0.29) is 17.7 Å². The number of fused-ring (bicyclic) bond motifs is 1. The molecule has 2 aromatic carbocycles. The Labute approximate surface area is 184 Å². The van der Waals surface area contributed by atoms with E-state index >= 15 is 0 Å². The molecule has 0 bridgehead atoms. The number of carbonyl (C=O) groups excluding carboxylic acids is 1. The van der Waals surface area contributed by atoms with Crippen LogP contribution in [0.2, 0.25) is 0 Å². The molecule has 7 nitrogen and oxygen atoms in total. The molecule has 1 saturated heterocycles. The van der Waals surface area contributed by atoms with E-state index in [2.05, 4.69) is 15.4 Å². The zero-order valence-corrected chi connectivity index (χ0v) is 18.0. The first-order chi connectivity index (χ1) is 15.3. The number of amides is 1. The van der Waals surface area contributed by atoms with Crippen LogP contribution in [0.3, 0.4) is 0 Å². The van der Waals surface area contributed by atoms with Crippen LogP contribution >= 0.6 is 0 Å². The average Bonchev–Trinajstić information content (AvgIpc) is 3.15. The number of carbonyl (C=O) groups is 1. The third kappa shape index (κ3) is 4.25. The largest absolute Gasteiger partial charge is 0.342 e. The maximum absolute atomic E-state index is 14.3. The summed E-state index contributed by atoms with van der Waals surface area (Å²) in [5.41, 5.74) is 1.84. The van der Waals surface area contributed by atoms with E-state index in [4.69, 9.17) is 4.98 Å². The summed E-state index contributed by atoms with van der Waals surface area (Å²) in [5, 5.41) is 5.78. The summed E-state index contributed by atoms with van der Waals surface area (Å²) in [4.78, 5) is 29.3. The van der Waals surface area contributed by atoms with Crippen molar-refractivity contribution in [1.29, 1.82) is 0 Å². The number of nitrogens with zero attached hydrogens (tertiary/aromatic N) is 4. The van der Waals surface area contributed by atoms with E-state index in [1.54, 1.807) is 24.3 Å². The fourth-order valence-electron chi connectivity index (χ4n) is 4.33. The molecular formula is C23H25F2N5O2. The van der Waals surface area contributed by atoms with Crippen LogP contribution < -0.4 is 10.2 Å². The van der Waals surface area contributed by atoms with Crippen molar-refractivity contribution in [2.75, 3.05) is 25.0 Å². The van der Waals surface area contributed by atoms with E-state index < -0.39 is 11.8 Å². The lowest BCUT2D eigenvalue weighted by Crippen LogP contribution is -2.42. The molecule has 1 N–H and O–H groups in total. The van der Waals surface area contributed by atoms with Gasteiger partial charge in [-0.3, -0.25) is 4.79 Å². The molecule has 168 valence electrons. The number of alkyl halides is 2. The summed E-state index contributed by atoms with van der Waals surface area (Å²) in [6, 6.07) is 11.7. The third-order valence-corrected chi connectivity index (χ3v) is 6.06. The number of piperidine rings is 1. The number of hydrogen-bond donors (Lipinski definition) is 1. The number of imidazole rings is 1. The van der Waals surface area contributed by atoms with Crippen molar-refractivity contribution in [3.63, 3.8) is 0 Å². The van der Waals surface area contributed by atoms with E-state index in [1.807, 2.05) is 11.6 Å². The molecule has 1 aliphatic heterocycles. The van der Waals surface area contributed by atoms with Crippen molar-refractivity contribution in [2.24, 2.45) is 5.18 Å². The monoisotopic (exact) mass is 441 g/mol. The lowest BCUT2D eigenvalue weighted by molar-refractivity contribution is 0.0165. The van der Waals surface area contributed by atoms with Gasteiger partial charge < -0.3 is 14.8 Å². The summed E-state index contributed by atoms with van der Waals surface area (Å²) in [6.45, 7) is 2.63. The smallest absolute Gasteiger partial charge is 0.316 e. The minimum atomic E-state index is -2.98. The van der Waals surface area contributed by atoms with Crippen LogP contribution in [-0.4, -0.2) is 41.6 Å². The van der Waals surface area contributed by atoms with Gasteiger partial charge in [0.05, 0.1) is 17.6 Å².